The van der Waals surface area contributed by atoms with Crippen LogP contribution in [-0.2, 0) is 11.3 Å². The maximum Gasteiger partial charge on any atom is 0.264 e. The number of rotatable bonds is 7. The molecule has 3 aromatic heterocycles. The summed E-state index contributed by atoms with van der Waals surface area (Å²) in [6.45, 7) is 3.94. The summed E-state index contributed by atoms with van der Waals surface area (Å²) in [7, 11) is 3.37. The summed E-state index contributed by atoms with van der Waals surface area (Å²) in [5.74, 6) is 1.25. The molecule has 3 aromatic rings. The van der Waals surface area contributed by atoms with E-state index < -0.39 is 0 Å². The van der Waals surface area contributed by atoms with Crippen LogP contribution in [-0.4, -0.2) is 59.2 Å². The number of carbonyl (C=O) groups excluding carboxylic acids is 1. The number of amides is 1. The molecule has 9 heteroatoms. The summed E-state index contributed by atoms with van der Waals surface area (Å²) < 4.78 is 11.0. The van der Waals surface area contributed by atoms with E-state index in [-0.39, 0.29) is 12.0 Å². The largest absolute Gasteiger partial charge is 0.481 e. The van der Waals surface area contributed by atoms with Gasteiger partial charge in [0.15, 0.2) is 0 Å². The predicted octanol–water partition coefficient (Wildman–Crippen LogP) is 3.66. The Labute approximate surface area is 185 Å². The van der Waals surface area contributed by atoms with Crippen LogP contribution >= 0.6 is 11.3 Å². The van der Waals surface area contributed by atoms with Gasteiger partial charge in [0.25, 0.3) is 5.91 Å². The van der Waals surface area contributed by atoms with E-state index in [1.165, 1.54) is 17.8 Å². The molecular formula is C22H27N5O3S. The molecule has 1 fully saturated rings. The lowest BCUT2D eigenvalue weighted by atomic mass is 10.1. The molecule has 0 radical (unpaired) electrons. The van der Waals surface area contributed by atoms with Crippen LogP contribution in [0.15, 0.2) is 24.7 Å². The number of fused-ring (bicyclic) bond motifs is 1. The normalized spacial score (nSPS) is 16.3. The second kappa shape index (κ2) is 9.57. The standard InChI is InChI=1S/C22H27N5O3S/c1-14-18-20(24-11-16-6-4-5-9-30-16)25-13-26-21(18)31-19(14)22(28)27(2)12-15-7-8-23-17(10-15)29-3/h7-8,10,13,16H,4-6,9,11-12H2,1-3H3,(H,24,25,26). The van der Waals surface area contributed by atoms with Crippen LogP contribution in [0.1, 0.15) is 40.1 Å². The molecule has 1 N–H and O–H groups in total. The minimum atomic E-state index is -0.0437. The highest BCUT2D eigenvalue weighted by Crippen LogP contribution is 2.34. The van der Waals surface area contributed by atoms with E-state index >= 15 is 0 Å². The van der Waals surface area contributed by atoms with E-state index in [0.717, 1.165) is 46.6 Å². The van der Waals surface area contributed by atoms with Crippen LogP contribution in [0, 0.1) is 6.92 Å². The van der Waals surface area contributed by atoms with Crippen LogP contribution in [0.3, 0.4) is 0 Å². The number of methoxy groups -OCH3 is 1. The van der Waals surface area contributed by atoms with Gasteiger partial charge in [0.1, 0.15) is 17.0 Å². The van der Waals surface area contributed by atoms with E-state index in [4.69, 9.17) is 9.47 Å². The third-order valence-corrected chi connectivity index (χ3v) is 6.65. The molecule has 8 nitrogen and oxygen atoms in total. The number of aromatic nitrogens is 3. The van der Waals surface area contributed by atoms with Crippen LogP contribution < -0.4 is 10.1 Å². The monoisotopic (exact) mass is 441 g/mol. The average molecular weight is 442 g/mol. The first kappa shape index (κ1) is 21.5. The Morgan fingerprint density at radius 1 is 1.35 bits per heavy atom. The van der Waals surface area contributed by atoms with E-state index in [9.17, 15) is 4.79 Å². The van der Waals surface area contributed by atoms with Gasteiger partial charge in [0, 0.05) is 39.0 Å². The fourth-order valence-electron chi connectivity index (χ4n) is 3.77. The molecule has 0 saturated carbocycles. The van der Waals surface area contributed by atoms with Crippen LogP contribution in [0.2, 0.25) is 0 Å². The summed E-state index contributed by atoms with van der Waals surface area (Å²) in [5, 5.41) is 4.32. The number of pyridine rings is 1. The van der Waals surface area contributed by atoms with Crippen molar-refractivity contribution in [2.45, 2.75) is 38.8 Å². The van der Waals surface area contributed by atoms with Crippen molar-refractivity contribution in [1.82, 2.24) is 19.9 Å². The number of hydrogen-bond acceptors (Lipinski definition) is 8. The van der Waals surface area contributed by atoms with Gasteiger partial charge in [-0.2, -0.15) is 0 Å². The molecule has 1 unspecified atom stereocenters. The van der Waals surface area contributed by atoms with Crippen LogP contribution in [0.4, 0.5) is 5.82 Å². The number of nitrogens with zero attached hydrogens (tertiary/aromatic N) is 4. The van der Waals surface area contributed by atoms with Gasteiger partial charge in [0.2, 0.25) is 5.88 Å². The van der Waals surface area contributed by atoms with Gasteiger partial charge in [-0.05, 0) is 43.4 Å². The summed E-state index contributed by atoms with van der Waals surface area (Å²) >= 11 is 1.40. The predicted molar refractivity (Wildman–Crippen MR) is 121 cm³/mol. The highest BCUT2D eigenvalue weighted by Gasteiger charge is 2.23. The topological polar surface area (TPSA) is 89.5 Å². The smallest absolute Gasteiger partial charge is 0.264 e. The fraction of sp³-hybridized carbons (Fsp3) is 0.455. The van der Waals surface area contributed by atoms with Gasteiger partial charge in [0.05, 0.1) is 23.5 Å². The second-order valence-electron chi connectivity index (χ2n) is 7.70. The molecule has 164 valence electrons. The first-order chi connectivity index (χ1) is 15.1. The summed E-state index contributed by atoms with van der Waals surface area (Å²) in [6.07, 6.45) is 6.80. The zero-order chi connectivity index (χ0) is 21.8. The molecule has 1 saturated heterocycles. The first-order valence-electron chi connectivity index (χ1n) is 10.4. The molecule has 0 aliphatic carbocycles. The minimum absolute atomic E-state index is 0.0437. The van der Waals surface area contributed by atoms with Gasteiger partial charge in [-0.3, -0.25) is 4.79 Å². The van der Waals surface area contributed by atoms with E-state index in [0.29, 0.717) is 23.8 Å². The number of thiophene rings is 1. The van der Waals surface area contributed by atoms with Crippen molar-refractivity contribution in [2.24, 2.45) is 0 Å². The molecular weight excluding hydrogens is 414 g/mol. The minimum Gasteiger partial charge on any atom is -0.481 e. The Morgan fingerprint density at radius 3 is 3.00 bits per heavy atom. The Kier molecular flexibility index (Phi) is 6.62. The lowest BCUT2D eigenvalue weighted by Crippen LogP contribution is -2.27. The van der Waals surface area contributed by atoms with Crippen LogP contribution in [0.25, 0.3) is 10.2 Å². The molecule has 1 aliphatic heterocycles. The third kappa shape index (κ3) is 4.77. The molecule has 4 heterocycles. The number of carbonyl (C=O) groups is 1. The number of ether oxygens (including phenoxy) is 2. The lowest BCUT2D eigenvalue weighted by Gasteiger charge is -2.23. The Balaban J connectivity index is 1.53. The Hall–Kier alpha value is -2.78. The fourth-order valence-corrected chi connectivity index (χ4v) is 4.91. The molecule has 1 atom stereocenters. The molecule has 31 heavy (non-hydrogen) atoms. The Bertz CT molecular complexity index is 1060. The second-order valence-corrected chi connectivity index (χ2v) is 8.69. The Morgan fingerprint density at radius 2 is 2.23 bits per heavy atom. The molecule has 0 spiro atoms. The van der Waals surface area contributed by atoms with E-state index in [1.807, 2.05) is 19.1 Å². The van der Waals surface area contributed by atoms with Crippen molar-refractivity contribution in [1.29, 1.82) is 0 Å². The molecule has 0 aromatic carbocycles. The molecule has 0 bridgehead atoms. The van der Waals surface area contributed by atoms with Crippen molar-refractivity contribution in [2.75, 3.05) is 32.6 Å². The van der Waals surface area contributed by atoms with Gasteiger partial charge in [-0.25, -0.2) is 15.0 Å². The number of anilines is 1. The average Bonchev–Trinajstić information content (AvgIpc) is 3.15. The number of aryl methyl sites for hydroxylation is 1. The van der Waals surface area contributed by atoms with Gasteiger partial charge < -0.3 is 19.7 Å². The first-order valence-corrected chi connectivity index (χ1v) is 11.2. The highest BCUT2D eigenvalue weighted by molar-refractivity contribution is 7.20. The van der Waals surface area contributed by atoms with Crippen LogP contribution in [0.5, 0.6) is 5.88 Å². The summed E-state index contributed by atoms with van der Waals surface area (Å²) in [4.78, 5) is 29.4. The summed E-state index contributed by atoms with van der Waals surface area (Å²) in [6, 6.07) is 3.72. The quantitative estimate of drug-likeness (QED) is 0.598. The number of nitrogens with one attached hydrogen (secondary N) is 1. The molecule has 1 aliphatic rings. The van der Waals surface area contributed by atoms with Crippen molar-refractivity contribution in [3.05, 3.63) is 40.7 Å². The van der Waals surface area contributed by atoms with E-state index in [2.05, 4.69) is 20.3 Å². The van der Waals surface area contributed by atoms with Gasteiger partial charge in [-0.15, -0.1) is 11.3 Å². The van der Waals surface area contributed by atoms with Crippen molar-refractivity contribution >= 4 is 33.3 Å². The summed E-state index contributed by atoms with van der Waals surface area (Å²) in [5.41, 5.74) is 1.85. The lowest BCUT2D eigenvalue weighted by molar-refractivity contribution is 0.0247. The maximum atomic E-state index is 13.2. The zero-order valence-electron chi connectivity index (χ0n) is 18.1. The molecule has 4 rings (SSSR count). The van der Waals surface area contributed by atoms with Gasteiger partial charge in [-0.1, -0.05) is 0 Å². The van der Waals surface area contributed by atoms with Crippen molar-refractivity contribution in [3.8, 4) is 5.88 Å². The van der Waals surface area contributed by atoms with Gasteiger partial charge >= 0.3 is 0 Å². The van der Waals surface area contributed by atoms with E-state index in [1.54, 1.807) is 31.6 Å². The third-order valence-electron chi connectivity index (χ3n) is 5.47. The number of hydrogen-bond donors (Lipinski definition) is 1. The molecule has 1 amide bonds. The highest BCUT2D eigenvalue weighted by atomic mass is 32.1. The SMILES string of the molecule is COc1cc(CN(C)C(=O)c2sc3ncnc(NCC4CCCCO4)c3c2C)ccn1. The van der Waals surface area contributed by atoms with Crippen molar-refractivity contribution < 1.29 is 14.3 Å². The zero-order valence-corrected chi connectivity index (χ0v) is 18.9. The van der Waals surface area contributed by atoms with Crippen molar-refractivity contribution in [3.63, 3.8) is 0 Å². The maximum absolute atomic E-state index is 13.2.